The van der Waals surface area contributed by atoms with E-state index < -0.39 is 0 Å². The Bertz CT molecular complexity index is 522. The summed E-state index contributed by atoms with van der Waals surface area (Å²) in [6.07, 6.45) is 21.5. The zero-order valence-electron chi connectivity index (χ0n) is 17.3. The van der Waals surface area contributed by atoms with Crippen LogP contribution >= 0.6 is 0 Å². The molecule has 1 aromatic carbocycles. The molecule has 2 aliphatic rings. The molecule has 0 saturated heterocycles. The summed E-state index contributed by atoms with van der Waals surface area (Å²) in [6, 6.07) is 9.86. The Morgan fingerprint density at radius 1 is 0.731 bits per heavy atom. The van der Waals surface area contributed by atoms with Gasteiger partial charge in [0.05, 0.1) is 0 Å². The van der Waals surface area contributed by atoms with Crippen molar-refractivity contribution in [3.8, 4) is 0 Å². The maximum atomic E-state index is 2.50. The van der Waals surface area contributed by atoms with Crippen LogP contribution in [0.4, 0.5) is 0 Å². The molecule has 0 amide bonds. The second-order valence-electron chi connectivity index (χ2n) is 9.00. The van der Waals surface area contributed by atoms with Gasteiger partial charge in [0.25, 0.3) is 0 Å². The summed E-state index contributed by atoms with van der Waals surface area (Å²) in [7, 11) is 0. The predicted octanol–water partition coefficient (Wildman–Crippen LogP) is 8.39. The van der Waals surface area contributed by atoms with Crippen molar-refractivity contribution in [2.75, 3.05) is 0 Å². The van der Waals surface area contributed by atoms with Gasteiger partial charge in [0, 0.05) is 0 Å². The summed E-state index contributed by atoms with van der Waals surface area (Å²) < 4.78 is 0. The van der Waals surface area contributed by atoms with Crippen LogP contribution in [0.1, 0.15) is 114 Å². The van der Waals surface area contributed by atoms with E-state index in [2.05, 4.69) is 50.3 Å². The molecule has 2 fully saturated rings. The SMILES string of the molecule is CCC/C=C/C1CCC(c2ccc(C3CCC(CCC)CC3)cc2)CC1. The molecule has 1 aromatic rings. The van der Waals surface area contributed by atoms with E-state index in [1.165, 1.54) is 77.0 Å². The molecule has 2 saturated carbocycles. The highest BCUT2D eigenvalue weighted by atomic mass is 14.3. The van der Waals surface area contributed by atoms with Crippen molar-refractivity contribution in [1.29, 1.82) is 0 Å². The molecular formula is C26H40. The van der Waals surface area contributed by atoms with Gasteiger partial charge < -0.3 is 0 Å². The van der Waals surface area contributed by atoms with E-state index in [1.54, 1.807) is 11.1 Å². The molecule has 0 spiro atoms. The topological polar surface area (TPSA) is 0 Å². The summed E-state index contributed by atoms with van der Waals surface area (Å²) in [6.45, 7) is 4.60. The number of benzene rings is 1. The van der Waals surface area contributed by atoms with Crippen LogP contribution in [0.25, 0.3) is 0 Å². The van der Waals surface area contributed by atoms with Crippen molar-refractivity contribution in [1.82, 2.24) is 0 Å². The first-order chi connectivity index (χ1) is 12.8. The fourth-order valence-electron chi connectivity index (χ4n) is 5.33. The first kappa shape index (κ1) is 19.7. The molecule has 0 unspecified atom stereocenters. The molecule has 0 aromatic heterocycles. The van der Waals surface area contributed by atoms with Crippen molar-refractivity contribution in [3.05, 3.63) is 47.5 Å². The summed E-state index contributed by atoms with van der Waals surface area (Å²) >= 11 is 0. The van der Waals surface area contributed by atoms with Crippen LogP contribution in [0.3, 0.4) is 0 Å². The van der Waals surface area contributed by atoms with Gasteiger partial charge in [0.15, 0.2) is 0 Å². The fourth-order valence-corrected chi connectivity index (χ4v) is 5.33. The Kier molecular flexibility index (Phi) is 7.84. The van der Waals surface area contributed by atoms with Crippen LogP contribution in [0.2, 0.25) is 0 Å². The molecule has 0 radical (unpaired) electrons. The van der Waals surface area contributed by atoms with E-state index in [-0.39, 0.29) is 0 Å². The van der Waals surface area contributed by atoms with Crippen molar-refractivity contribution >= 4 is 0 Å². The lowest BCUT2D eigenvalue weighted by molar-refractivity contribution is 0.308. The Hall–Kier alpha value is -1.04. The molecule has 0 heterocycles. The molecular weight excluding hydrogens is 312 g/mol. The Labute approximate surface area is 162 Å². The minimum Gasteiger partial charge on any atom is -0.0883 e. The molecule has 2 aliphatic carbocycles. The highest BCUT2D eigenvalue weighted by Gasteiger charge is 2.23. The molecule has 0 nitrogen and oxygen atoms in total. The normalized spacial score (nSPS) is 29.9. The minimum atomic E-state index is 0.806. The van der Waals surface area contributed by atoms with Gasteiger partial charge in [-0.2, -0.15) is 0 Å². The molecule has 0 atom stereocenters. The van der Waals surface area contributed by atoms with Crippen LogP contribution in [0, 0.1) is 11.8 Å². The van der Waals surface area contributed by atoms with E-state index in [1.807, 2.05) is 0 Å². The third kappa shape index (κ3) is 5.48. The van der Waals surface area contributed by atoms with Gasteiger partial charge in [-0.25, -0.2) is 0 Å². The van der Waals surface area contributed by atoms with Gasteiger partial charge in [-0.05, 0) is 92.6 Å². The lowest BCUT2D eigenvalue weighted by Gasteiger charge is -2.30. The second kappa shape index (κ2) is 10.3. The Balaban J connectivity index is 1.48. The maximum absolute atomic E-state index is 2.50. The molecule has 0 N–H and O–H groups in total. The van der Waals surface area contributed by atoms with E-state index in [0.717, 1.165) is 23.7 Å². The molecule has 0 bridgehead atoms. The molecule has 0 aliphatic heterocycles. The lowest BCUT2D eigenvalue weighted by atomic mass is 9.76. The van der Waals surface area contributed by atoms with Crippen LogP contribution in [0.15, 0.2) is 36.4 Å². The average molecular weight is 353 g/mol. The summed E-state index contributed by atoms with van der Waals surface area (Å²) in [5, 5.41) is 0. The highest BCUT2D eigenvalue weighted by Crippen LogP contribution is 2.39. The molecule has 26 heavy (non-hydrogen) atoms. The second-order valence-corrected chi connectivity index (χ2v) is 9.00. The number of allylic oxidation sites excluding steroid dienone is 2. The molecule has 3 rings (SSSR count). The zero-order chi connectivity index (χ0) is 18.2. The van der Waals surface area contributed by atoms with Gasteiger partial charge in [0.2, 0.25) is 0 Å². The van der Waals surface area contributed by atoms with E-state index in [9.17, 15) is 0 Å². The fraction of sp³-hybridized carbons (Fsp3) is 0.692. The summed E-state index contributed by atoms with van der Waals surface area (Å²) in [5.41, 5.74) is 3.21. The number of unbranched alkanes of at least 4 members (excludes halogenated alkanes) is 1. The van der Waals surface area contributed by atoms with Crippen LogP contribution < -0.4 is 0 Å². The van der Waals surface area contributed by atoms with E-state index in [0.29, 0.717) is 0 Å². The first-order valence-corrected chi connectivity index (χ1v) is 11.6. The zero-order valence-corrected chi connectivity index (χ0v) is 17.3. The summed E-state index contributed by atoms with van der Waals surface area (Å²) in [4.78, 5) is 0. The number of hydrogen-bond acceptors (Lipinski definition) is 0. The third-order valence-corrected chi connectivity index (χ3v) is 7.06. The quantitative estimate of drug-likeness (QED) is 0.432. The van der Waals surface area contributed by atoms with Crippen molar-refractivity contribution in [2.24, 2.45) is 11.8 Å². The van der Waals surface area contributed by atoms with Crippen molar-refractivity contribution in [3.63, 3.8) is 0 Å². The van der Waals surface area contributed by atoms with E-state index in [4.69, 9.17) is 0 Å². The smallest absolute Gasteiger partial charge is 0.0162 e. The van der Waals surface area contributed by atoms with Crippen molar-refractivity contribution < 1.29 is 0 Å². The van der Waals surface area contributed by atoms with Gasteiger partial charge in [-0.15, -0.1) is 0 Å². The summed E-state index contributed by atoms with van der Waals surface area (Å²) in [5.74, 6) is 3.49. The number of hydrogen-bond donors (Lipinski definition) is 0. The van der Waals surface area contributed by atoms with Gasteiger partial charge in [0.1, 0.15) is 0 Å². The Morgan fingerprint density at radius 2 is 1.27 bits per heavy atom. The highest BCUT2D eigenvalue weighted by molar-refractivity contribution is 5.28. The van der Waals surface area contributed by atoms with Crippen LogP contribution in [0.5, 0.6) is 0 Å². The van der Waals surface area contributed by atoms with Gasteiger partial charge >= 0.3 is 0 Å². The molecule has 144 valence electrons. The monoisotopic (exact) mass is 352 g/mol. The lowest BCUT2D eigenvalue weighted by Crippen LogP contribution is -2.14. The maximum Gasteiger partial charge on any atom is -0.0162 e. The van der Waals surface area contributed by atoms with Gasteiger partial charge in [-0.3, -0.25) is 0 Å². The molecule has 0 heteroatoms. The first-order valence-electron chi connectivity index (χ1n) is 11.6. The largest absolute Gasteiger partial charge is 0.0883 e. The van der Waals surface area contributed by atoms with Gasteiger partial charge in [-0.1, -0.05) is 69.5 Å². The van der Waals surface area contributed by atoms with E-state index >= 15 is 0 Å². The predicted molar refractivity (Wildman–Crippen MR) is 115 cm³/mol. The van der Waals surface area contributed by atoms with Crippen LogP contribution in [-0.4, -0.2) is 0 Å². The minimum absolute atomic E-state index is 0.806. The van der Waals surface area contributed by atoms with Crippen molar-refractivity contribution in [2.45, 2.75) is 103 Å². The number of rotatable bonds is 7. The average Bonchev–Trinajstić information content (AvgIpc) is 2.70. The standard InChI is InChI=1S/C26H40/c1-3-5-6-8-22-11-15-24(16-12-22)26-19-17-25(18-20-26)23-13-9-21(7-4-2)10-14-23/h6,8,17-24H,3-5,7,9-16H2,1-2H3/b8-6+. The van der Waals surface area contributed by atoms with Crippen LogP contribution in [-0.2, 0) is 0 Å². The Morgan fingerprint density at radius 3 is 1.77 bits per heavy atom. The third-order valence-electron chi connectivity index (χ3n) is 7.06.